The van der Waals surface area contributed by atoms with E-state index in [0.717, 1.165) is 5.56 Å². The Morgan fingerprint density at radius 2 is 1.92 bits per heavy atom. The van der Waals surface area contributed by atoms with Crippen LogP contribution in [0.25, 0.3) is 0 Å². The number of rotatable bonds is 6. The molecule has 2 rings (SSSR count). The molecule has 0 saturated carbocycles. The number of carbonyl (C=O) groups is 3. The third-order valence-electron chi connectivity index (χ3n) is 5.00. The first-order chi connectivity index (χ1) is 12.1. The highest BCUT2D eigenvalue weighted by atomic mass is 16.4. The number of benzene rings is 1. The summed E-state index contributed by atoms with van der Waals surface area (Å²) in [6.45, 7) is 8.07. The predicted octanol–water partition coefficient (Wildman–Crippen LogP) is 2.46. The summed E-state index contributed by atoms with van der Waals surface area (Å²) in [6.07, 6.45) is 0.935. The second-order valence-corrected chi connectivity index (χ2v) is 7.85. The van der Waals surface area contributed by atoms with Gasteiger partial charge in [-0.3, -0.25) is 14.4 Å². The van der Waals surface area contributed by atoms with E-state index in [-0.39, 0.29) is 24.3 Å². The standard InChI is InChI=1S/C20H28N2O4/c1-13(2)11-16(21-17(23)15-8-6-5-7-14(15)3)18(24)22-10-9-20(4,12-22)19(25)26/h5-8,13,16H,9-12H2,1-4H3,(H,21,23)(H,25,26). The summed E-state index contributed by atoms with van der Waals surface area (Å²) in [5.74, 6) is -1.15. The molecule has 2 N–H and O–H groups in total. The van der Waals surface area contributed by atoms with Gasteiger partial charge < -0.3 is 15.3 Å². The van der Waals surface area contributed by atoms with Crippen molar-refractivity contribution in [2.75, 3.05) is 13.1 Å². The lowest BCUT2D eigenvalue weighted by Crippen LogP contribution is -2.49. The zero-order valence-corrected chi connectivity index (χ0v) is 15.9. The molecule has 0 aromatic heterocycles. The van der Waals surface area contributed by atoms with E-state index in [0.29, 0.717) is 24.9 Å². The van der Waals surface area contributed by atoms with Crippen molar-refractivity contribution in [3.63, 3.8) is 0 Å². The van der Waals surface area contributed by atoms with Gasteiger partial charge in [0.25, 0.3) is 5.91 Å². The normalized spacial score (nSPS) is 20.9. The predicted molar refractivity (Wildman–Crippen MR) is 98.8 cm³/mol. The Bertz CT molecular complexity index is 701. The average Bonchev–Trinajstić information content (AvgIpc) is 2.97. The van der Waals surface area contributed by atoms with Crippen molar-refractivity contribution >= 4 is 17.8 Å². The third-order valence-corrected chi connectivity index (χ3v) is 5.00. The van der Waals surface area contributed by atoms with Crippen molar-refractivity contribution in [1.29, 1.82) is 0 Å². The van der Waals surface area contributed by atoms with E-state index in [1.165, 1.54) is 0 Å². The molecule has 142 valence electrons. The van der Waals surface area contributed by atoms with Crippen molar-refractivity contribution in [1.82, 2.24) is 10.2 Å². The summed E-state index contributed by atoms with van der Waals surface area (Å²) < 4.78 is 0. The van der Waals surface area contributed by atoms with Crippen LogP contribution in [0, 0.1) is 18.3 Å². The number of aryl methyl sites for hydroxylation is 1. The van der Waals surface area contributed by atoms with Crippen LogP contribution in [0.15, 0.2) is 24.3 Å². The molecule has 0 bridgehead atoms. The number of hydrogen-bond donors (Lipinski definition) is 2. The summed E-state index contributed by atoms with van der Waals surface area (Å²) >= 11 is 0. The molecule has 2 unspecified atom stereocenters. The highest BCUT2D eigenvalue weighted by Crippen LogP contribution is 2.30. The first-order valence-corrected chi connectivity index (χ1v) is 9.03. The number of likely N-dealkylation sites (tertiary alicyclic amines) is 1. The third kappa shape index (κ3) is 4.42. The number of carbonyl (C=O) groups excluding carboxylic acids is 2. The smallest absolute Gasteiger partial charge is 0.311 e. The van der Waals surface area contributed by atoms with Crippen LogP contribution >= 0.6 is 0 Å². The van der Waals surface area contributed by atoms with Crippen LogP contribution in [0.3, 0.4) is 0 Å². The lowest BCUT2D eigenvalue weighted by molar-refractivity contribution is -0.147. The molecule has 1 saturated heterocycles. The number of carboxylic acid groups (broad SMARTS) is 1. The quantitative estimate of drug-likeness (QED) is 0.816. The Kier molecular flexibility index (Phi) is 6.05. The van der Waals surface area contributed by atoms with Crippen LogP contribution < -0.4 is 5.32 Å². The lowest BCUT2D eigenvalue weighted by Gasteiger charge is -2.27. The van der Waals surface area contributed by atoms with E-state index in [1.807, 2.05) is 32.9 Å². The fourth-order valence-corrected chi connectivity index (χ4v) is 3.30. The second kappa shape index (κ2) is 7.89. The molecule has 2 amide bonds. The number of amides is 2. The lowest BCUT2D eigenvalue weighted by atomic mass is 9.90. The maximum Gasteiger partial charge on any atom is 0.311 e. The van der Waals surface area contributed by atoms with Gasteiger partial charge in [-0.15, -0.1) is 0 Å². The largest absolute Gasteiger partial charge is 0.481 e. The van der Waals surface area contributed by atoms with Gasteiger partial charge in [-0.2, -0.15) is 0 Å². The van der Waals surface area contributed by atoms with Crippen LogP contribution in [0.1, 0.15) is 49.5 Å². The molecule has 26 heavy (non-hydrogen) atoms. The molecular formula is C20H28N2O4. The summed E-state index contributed by atoms with van der Waals surface area (Å²) in [6, 6.07) is 6.59. The zero-order valence-electron chi connectivity index (χ0n) is 15.9. The zero-order chi connectivity index (χ0) is 19.5. The van der Waals surface area contributed by atoms with E-state index >= 15 is 0 Å². The SMILES string of the molecule is Cc1ccccc1C(=O)NC(CC(C)C)C(=O)N1CCC(C)(C(=O)O)C1. The molecule has 0 spiro atoms. The number of carboxylic acids is 1. The number of hydrogen-bond acceptors (Lipinski definition) is 3. The molecule has 1 aliphatic rings. The maximum absolute atomic E-state index is 13.0. The van der Waals surface area contributed by atoms with Gasteiger partial charge in [-0.1, -0.05) is 32.0 Å². The molecule has 1 fully saturated rings. The van der Waals surface area contributed by atoms with Gasteiger partial charge in [-0.05, 0) is 44.2 Å². The Labute approximate surface area is 154 Å². The number of aliphatic carboxylic acids is 1. The number of nitrogens with one attached hydrogen (secondary N) is 1. The first kappa shape index (κ1) is 19.9. The van der Waals surface area contributed by atoms with E-state index < -0.39 is 17.4 Å². The average molecular weight is 360 g/mol. The topological polar surface area (TPSA) is 86.7 Å². The van der Waals surface area contributed by atoms with Gasteiger partial charge in [0.2, 0.25) is 5.91 Å². The van der Waals surface area contributed by atoms with Crippen molar-refractivity contribution in [3.8, 4) is 0 Å². The molecule has 1 aromatic carbocycles. The molecule has 2 atom stereocenters. The van der Waals surface area contributed by atoms with Gasteiger partial charge in [0.15, 0.2) is 0 Å². The fourth-order valence-electron chi connectivity index (χ4n) is 3.30. The Morgan fingerprint density at radius 1 is 1.27 bits per heavy atom. The van der Waals surface area contributed by atoms with Crippen molar-refractivity contribution in [2.45, 2.75) is 46.6 Å². The first-order valence-electron chi connectivity index (χ1n) is 9.03. The monoisotopic (exact) mass is 360 g/mol. The van der Waals surface area contributed by atoms with Crippen molar-refractivity contribution in [3.05, 3.63) is 35.4 Å². The fraction of sp³-hybridized carbons (Fsp3) is 0.550. The maximum atomic E-state index is 13.0. The van der Waals surface area contributed by atoms with Crippen LogP contribution in [0.4, 0.5) is 0 Å². The summed E-state index contributed by atoms with van der Waals surface area (Å²) in [7, 11) is 0. The summed E-state index contributed by atoms with van der Waals surface area (Å²) in [5, 5.41) is 12.2. The molecule has 6 nitrogen and oxygen atoms in total. The Balaban J connectivity index is 2.14. The second-order valence-electron chi connectivity index (χ2n) is 7.85. The minimum atomic E-state index is -0.919. The summed E-state index contributed by atoms with van der Waals surface area (Å²) in [5.41, 5.74) is 0.476. The van der Waals surface area contributed by atoms with Gasteiger partial charge >= 0.3 is 5.97 Å². The van der Waals surface area contributed by atoms with Gasteiger partial charge in [0.05, 0.1) is 5.41 Å². The Morgan fingerprint density at radius 3 is 2.46 bits per heavy atom. The van der Waals surface area contributed by atoms with Crippen LogP contribution in [0.5, 0.6) is 0 Å². The van der Waals surface area contributed by atoms with Crippen LogP contribution in [0.2, 0.25) is 0 Å². The minimum absolute atomic E-state index is 0.177. The van der Waals surface area contributed by atoms with Crippen LogP contribution in [-0.2, 0) is 9.59 Å². The minimum Gasteiger partial charge on any atom is -0.481 e. The molecule has 1 aliphatic heterocycles. The van der Waals surface area contributed by atoms with Gasteiger partial charge in [0, 0.05) is 18.7 Å². The van der Waals surface area contributed by atoms with E-state index in [4.69, 9.17) is 0 Å². The molecule has 1 heterocycles. The summed E-state index contributed by atoms with van der Waals surface area (Å²) in [4.78, 5) is 38.6. The van der Waals surface area contributed by atoms with E-state index in [2.05, 4.69) is 5.32 Å². The molecule has 0 aliphatic carbocycles. The van der Waals surface area contributed by atoms with Crippen LogP contribution in [-0.4, -0.2) is 46.9 Å². The van der Waals surface area contributed by atoms with E-state index in [1.54, 1.807) is 24.0 Å². The van der Waals surface area contributed by atoms with Crippen molar-refractivity contribution in [2.24, 2.45) is 11.3 Å². The van der Waals surface area contributed by atoms with Gasteiger partial charge in [-0.25, -0.2) is 0 Å². The Hall–Kier alpha value is -2.37. The molecule has 0 radical (unpaired) electrons. The molecular weight excluding hydrogens is 332 g/mol. The van der Waals surface area contributed by atoms with Crippen molar-refractivity contribution < 1.29 is 19.5 Å². The highest BCUT2D eigenvalue weighted by Gasteiger charge is 2.43. The highest BCUT2D eigenvalue weighted by molar-refractivity contribution is 5.98. The molecule has 6 heteroatoms. The van der Waals surface area contributed by atoms with Gasteiger partial charge in [0.1, 0.15) is 6.04 Å². The van der Waals surface area contributed by atoms with E-state index in [9.17, 15) is 19.5 Å². The number of nitrogens with zero attached hydrogens (tertiary/aromatic N) is 1. The molecule has 1 aromatic rings.